The number of sulfonamides is 1. The van der Waals surface area contributed by atoms with Gasteiger partial charge in [-0.25, -0.2) is 17.2 Å². The minimum absolute atomic E-state index is 0.0454. The zero-order valence-electron chi connectivity index (χ0n) is 17.4. The van der Waals surface area contributed by atoms with E-state index in [1.807, 2.05) is 4.90 Å². The van der Waals surface area contributed by atoms with E-state index in [1.165, 1.54) is 42.5 Å². The average molecular weight is 474 g/mol. The summed E-state index contributed by atoms with van der Waals surface area (Å²) in [6, 6.07) is 15.0. The van der Waals surface area contributed by atoms with Gasteiger partial charge in [0.1, 0.15) is 11.6 Å². The number of para-hydroxylation sites is 1. The molecule has 4 rings (SSSR count). The molecular formula is C23H21F2N3O4S. The summed E-state index contributed by atoms with van der Waals surface area (Å²) in [4.78, 5) is 14.3. The molecule has 0 radical (unpaired) electrons. The second-order valence-electron chi connectivity index (χ2n) is 7.33. The third-order valence-corrected chi connectivity index (χ3v) is 6.45. The molecule has 7 nitrogen and oxygen atoms in total. The van der Waals surface area contributed by atoms with Gasteiger partial charge in [0.05, 0.1) is 29.5 Å². The molecule has 0 bridgehead atoms. The largest absolute Gasteiger partial charge is 0.378 e. The zero-order chi connectivity index (χ0) is 23.4. The number of ether oxygens (including phenoxy) is 1. The van der Waals surface area contributed by atoms with Gasteiger partial charge in [0.25, 0.3) is 15.9 Å². The van der Waals surface area contributed by atoms with Crippen molar-refractivity contribution in [3.05, 3.63) is 83.9 Å². The van der Waals surface area contributed by atoms with Crippen LogP contribution in [-0.2, 0) is 14.8 Å². The fourth-order valence-electron chi connectivity index (χ4n) is 3.40. The summed E-state index contributed by atoms with van der Waals surface area (Å²) in [5.41, 5.74) is 0.489. The summed E-state index contributed by atoms with van der Waals surface area (Å²) < 4.78 is 61.2. The number of rotatable bonds is 6. The lowest BCUT2D eigenvalue weighted by molar-refractivity contribution is 0.102. The maximum absolute atomic E-state index is 14.6. The van der Waals surface area contributed by atoms with Crippen LogP contribution >= 0.6 is 0 Å². The molecule has 10 heteroatoms. The number of carbonyl (C=O) groups excluding carboxylic acids is 1. The number of hydrogen-bond donors (Lipinski definition) is 2. The Labute approximate surface area is 190 Å². The van der Waals surface area contributed by atoms with Gasteiger partial charge in [0, 0.05) is 24.3 Å². The van der Waals surface area contributed by atoms with Crippen LogP contribution in [0.2, 0.25) is 0 Å². The third-order valence-electron chi connectivity index (χ3n) is 5.08. The molecule has 1 aliphatic heterocycles. The van der Waals surface area contributed by atoms with Crippen LogP contribution in [0.1, 0.15) is 10.4 Å². The highest BCUT2D eigenvalue weighted by molar-refractivity contribution is 7.92. The van der Waals surface area contributed by atoms with E-state index >= 15 is 0 Å². The number of nitrogens with zero attached hydrogens (tertiary/aromatic N) is 1. The Hall–Kier alpha value is -3.50. The number of amides is 1. The standard InChI is InChI=1S/C23H21F2N3O4S/c24-19-6-1-2-7-21(19)27-33(30,31)18-5-3-4-16(14-18)23(29)26-17-8-9-22(20(25)15-17)28-10-12-32-13-11-28/h1-9,14-15,27H,10-13H2,(H,26,29). The molecule has 1 aliphatic rings. The molecule has 172 valence electrons. The van der Waals surface area contributed by atoms with Gasteiger partial charge in [-0.3, -0.25) is 9.52 Å². The lowest BCUT2D eigenvalue weighted by Crippen LogP contribution is -2.36. The lowest BCUT2D eigenvalue weighted by Gasteiger charge is -2.29. The first-order chi connectivity index (χ1) is 15.8. The molecule has 1 heterocycles. The zero-order valence-corrected chi connectivity index (χ0v) is 18.2. The Kier molecular flexibility index (Phi) is 6.57. The van der Waals surface area contributed by atoms with Crippen molar-refractivity contribution in [2.24, 2.45) is 0 Å². The van der Waals surface area contributed by atoms with Gasteiger partial charge in [-0.05, 0) is 48.5 Å². The second-order valence-corrected chi connectivity index (χ2v) is 9.02. The molecule has 3 aromatic rings. The Morgan fingerprint density at radius 1 is 0.909 bits per heavy atom. The maximum atomic E-state index is 14.6. The lowest BCUT2D eigenvalue weighted by atomic mass is 10.2. The number of benzene rings is 3. The third kappa shape index (κ3) is 5.29. The summed E-state index contributed by atoms with van der Waals surface area (Å²) in [5, 5.41) is 2.57. The van der Waals surface area contributed by atoms with Crippen LogP contribution in [0.15, 0.2) is 71.6 Å². The molecule has 3 aromatic carbocycles. The molecule has 0 saturated carbocycles. The predicted octanol–water partition coefficient (Wildman–Crippen LogP) is 3.85. The van der Waals surface area contributed by atoms with Crippen molar-refractivity contribution in [3.8, 4) is 0 Å². The van der Waals surface area contributed by atoms with E-state index in [0.717, 1.165) is 12.1 Å². The summed E-state index contributed by atoms with van der Waals surface area (Å²) in [6.45, 7) is 2.18. The van der Waals surface area contributed by atoms with E-state index < -0.39 is 27.6 Å². The Bertz CT molecular complexity index is 1280. The van der Waals surface area contributed by atoms with Gasteiger partial charge in [0.2, 0.25) is 0 Å². The van der Waals surface area contributed by atoms with Gasteiger partial charge in [-0.15, -0.1) is 0 Å². The van der Waals surface area contributed by atoms with Gasteiger partial charge < -0.3 is 15.0 Å². The first-order valence-corrected chi connectivity index (χ1v) is 11.6. The summed E-state index contributed by atoms with van der Waals surface area (Å²) in [6.07, 6.45) is 0. The SMILES string of the molecule is O=C(Nc1ccc(N2CCOCC2)c(F)c1)c1cccc(S(=O)(=O)Nc2ccccc2F)c1. The summed E-state index contributed by atoms with van der Waals surface area (Å²) in [5.74, 6) is -1.82. The van der Waals surface area contributed by atoms with Crippen LogP contribution in [0.25, 0.3) is 0 Å². The van der Waals surface area contributed by atoms with Crippen LogP contribution in [0.3, 0.4) is 0 Å². The first kappa shape index (κ1) is 22.7. The number of hydrogen-bond acceptors (Lipinski definition) is 5. The Balaban J connectivity index is 1.50. The minimum Gasteiger partial charge on any atom is -0.378 e. The monoisotopic (exact) mass is 473 g/mol. The van der Waals surface area contributed by atoms with Gasteiger partial charge >= 0.3 is 0 Å². The fraction of sp³-hybridized carbons (Fsp3) is 0.174. The number of morpholine rings is 1. The molecule has 0 aromatic heterocycles. The normalized spacial score (nSPS) is 14.1. The van der Waals surface area contributed by atoms with E-state index in [9.17, 15) is 22.0 Å². The van der Waals surface area contributed by atoms with Crippen LogP contribution < -0.4 is 14.9 Å². The highest BCUT2D eigenvalue weighted by atomic mass is 32.2. The minimum atomic E-state index is -4.14. The van der Waals surface area contributed by atoms with Crippen molar-refractivity contribution in [3.63, 3.8) is 0 Å². The quantitative estimate of drug-likeness (QED) is 0.568. The van der Waals surface area contributed by atoms with E-state index in [1.54, 1.807) is 12.1 Å². The van der Waals surface area contributed by atoms with Crippen molar-refractivity contribution in [1.29, 1.82) is 0 Å². The highest BCUT2D eigenvalue weighted by Gasteiger charge is 2.19. The van der Waals surface area contributed by atoms with Crippen LogP contribution in [0, 0.1) is 11.6 Å². The molecule has 0 spiro atoms. The molecule has 1 saturated heterocycles. The van der Waals surface area contributed by atoms with E-state index in [-0.39, 0.29) is 21.8 Å². The predicted molar refractivity (Wildman–Crippen MR) is 121 cm³/mol. The first-order valence-electron chi connectivity index (χ1n) is 10.1. The van der Waals surface area contributed by atoms with E-state index in [4.69, 9.17) is 4.74 Å². The van der Waals surface area contributed by atoms with Crippen molar-refractivity contribution in [2.45, 2.75) is 4.90 Å². The highest BCUT2D eigenvalue weighted by Crippen LogP contribution is 2.25. The number of anilines is 3. The fourth-order valence-corrected chi connectivity index (χ4v) is 4.51. The van der Waals surface area contributed by atoms with Gasteiger partial charge in [-0.2, -0.15) is 0 Å². The van der Waals surface area contributed by atoms with E-state index in [0.29, 0.717) is 32.0 Å². The van der Waals surface area contributed by atoms with Crippen molar-refractivity contribution >= 4 is 33.0 Å². The summed E-state index contributed by atoms with van der Waals surface area (Å²) >= 11 is 0. The maximum Gasteiger partial charge on any atom is 0.262 e. The number of carbonyl (C=O) groups is 1. The Morgan fingerprint density at radius 2 is 1.67 bits per heavy atom. The molecule has 0 aliphatic carbocycles. The van der Waals surface area contributed by atoms with Crippen molar-refractivity contribution < 1.29 is 26.7 Å². The topological polar surface area (TPSA) is 87.7 Å². The number of nitrogens with one attached hydrogen (secondary N) is 2. The average Bonchev–Trinajstić information content (AvgIpc) is 2.81. The van der Waals surface area contributed by atoms with Crippen molar-refractivity contribution in [1.82, 2.24) is 0 Å². The molecule has 2 N–H and O–H groups in total. The molecule has 1 fully saturated rings. The van der Waals surface area contributed by atoms with Crippen LogP contribution in [0.4, 0.5) is 25.8 Å². The smallest absolute Gasteiger partial charge is 0.262 e. The van der Waals surface area contributed by atoms with E-state index in [2.05, 4.69) is 10.0 Å². The molecule has 0 unspecified atom stereocenters. The van der Waals surface area contributed by atoms with Crippen LogP contribution in [-0.4, -0.2) is 40.6 Å². The second kappa shape index (κ2) is 9.55. The van der Waals surface area contributed by atoms with Gasteiger partial charge in [-0.1, -0.05) is 18.2 Å². The molecule has 33 heavy (non-hydrogen) atoms. The van der Waals surface area contributed by atoms with Crippen LogP contribution in [0.5, 0.6) is 0 Å². The molecule has 0 atom stereocenters. The number of halogens is 2. The summed E-state index contributed by atoms with van der Waals surface area (Å²) in [7, 11) is -4.14. The van der Waals surface area contributed by atoms with Gasteiger partial charge in [0.15, 0.2) is 0 Å². The Morgan fingerprint density at radius 3 is 2.39 bits per heavy atom. The van der Waals surface area contributed by atoms with Crippen molar-refractivity contribution in [2.75, 3.05) is 41.2 Å². The molecule has 1 amide bonds. The molecular weight excluding hydrogens is 452 g/mol.